The van der Waals surface area contributed by atoms with E-state index < -0.39 is 0 Å². The van der Waals surface area contributed by atoms with Crippen LogP contribution in [0.25, 0.3) is 0 Å². The minimum Gasteiger partial charge on any atom is -0.314 e. The van der Waals surface area contributed by atoms with E-state index in [0.717, 1.165) is 23.8 Å². The van der Waals surface area contributed by atoms with Gasteiger partial charge in [-0.15, -0.1) is 0 Å². The van der Waals surface area contributed by atoms with Crippen molar-refractivity contribution in [1.82, 2.24) is 5.32 Å². The number of hydrogen-bond acceptors (Lipinski definition) is 1. The highest BCUT2D eigenvalue weighted by Crippen LogP contribution is 2.36. The predicted molar refractivity (Wildman–Crippen MR) is 65.9 cm³/mol. The van der Waals surface area contributed by atoms with E-state index in [0.29, 0.717) is 0 Å². The molecule has 15 heavy (non-hydrogen) atoms. The van der Waals surface area contributed by atoms with Gasteiger partial charge in [0, 0.05) is 6.04 Å². The number of rotatable bonds is 5. The zero-order chi connectivity index (χ0) is 10.7. The summed E-state index contributed by atoms with van der Waals surface area (Å²) in [5, 5.41) is 3.77. The van der Waals surface area contributed by atoms with Crippen molar-refractivity contribution >= 4 is 0 Å². The largest absolute Gasteiger partial charge is 0.314 e. The Morgan fingerprint density at radius 1 is 0.933 bits per heavy atom. The Bertz CT molecular complexity index is 180. The van der Waals surface area contributed by atoms with Gasteiger partial charge in [-0.25, -0.2) is 0 Å². The van der Waals surface area contributed by atoms with Crippen LogP contribution in [-0.2, 0) is 0 Å². The summed E-state index contributed by atoms with van der Waals surface area (Å²) in [6.45, 7) is 6.07. The quantitative estimate of drug-likeness (QED) is 0.729. The standard InChI is InChI=1S/C14H27N/c1-11(13-8-9-13)10-15-12(2)14-6-4-3-5-7-14/h11-15H,3-10H2,1-2H3. The topological polar surface area (TPSA) is 12.0 Å². The molecule has 0 saturated heterocycles. The van der Waals surface area contributed by atoms with Gasteiger partial charge in [0.05, 0.1) is 0 Å². The van der Waals surface area contributed by atoms with Crippen molar-refractivity contribution in [2.75, 3.05) is 6.54 Å². The lowest BCUT2D eigenvalue weighted by atomic mass is 9.84. The molecule has 0 heterocycles. The van der Waals surface area contributed by atoms with Crippen LogP contribution in [0.15, 0.2) is 0 Å². The van der Waals surface area contributed by atoms with Crippen LogP contribution in [0.1, 0.15) is 58.8 Å². The molecule has 0 bridgehead atoms. The maximum Gasteiger partial charge on any atom is 0.00671 e. The van der Waals surface area contributed by atoms with E-state index in [1.807, 2.05) is 0 Å². The van der Waals surface area contributed by atoms with Gasteiger partial charge in [0.1, 0.15) is 0 Å². The minimum atomic E-state index is 0.756. The minimum absolute atomic E-state index is 0.756. The molecule has 2 rings (SSSR count). The fourth-order valence-corrected chi connectivity index (χ4v) is 3.00. The fourth-order valence-electron chi connectivity index (χ4n) is 3.00. The second-order valence-corrected chi connectivity index (χ2v) is 5.91. The Morgan fingerprint density at radius 2 is 1.60 bits per heavy atom. The summed E-state index contributed by atoms with van der Waals surface area (Å²) in [7, 11) is 0. The lowest BCUT2D eigenvalue weighted by molar-refractivity contribution is 0.270. The molecule has 2 unspecified atom stereocenters. The third-order valence-electron chi connectivity index (χ3n) is 4.55. The molecule has 1 N–H and O–H groups in total. The van der Waals surface area contributed by atoms with Crippen LogP contribution >= 0.6 is 0 Å². The van der Waals surface area contributed by atoms with Crippen LogP contribution in [0.3, 0.4) is 0 Å². The molecule has 0 spiro atoms. The molecule has 2 aliphatic carbocycles. The van der Waals surface area contributed by atoms with Crippen LogP contribution in [0.5, 0.6) is 0 Å². The average Bonchev–Trinajstić information content (AvgIpc) is 3.10. The van der Waals surface area contributed by atoms with Crippen molar-refractivity contribution in [3.8, 4) is 0 Å². The Labute approximate surface area is 95.0 Å². The molecule has 0 aromatic rings. The van der Waals surface area contributed by atoms with Gasteiger partial charge in [-0.1, -0.05) is 26.2 Å². The highest BCUT2D eigenvalue weighted by Gasteiger charge is 2.28. The van der Waals surface area contributed by atoms with Crippen LogP contribution in [0.4, 0.5) is 0 Å². The van der Waals surface area contributed by atoms with Crippen LogP contribution in [0.2, 0.25) is 0 Å². The van der Waals surface area contributed by atoms with Crippen molar-refractivity contribution in [1.29, 1.82) is 0 Å². The zero-order valence-corrected chi connectivity index (χ0v) is 10.5. The van der Waals surface area contributed by atoms with Gasteiger partial charge in [-0.2, -0.15) is 0 Å². The van der Waals surface area contributed by atoms with Gasteiger partial charge < -0.3 is 5.32 Å². The van der Waals surface area contributed by atoms with Crippen molar-refractivity contribution in [3.05, 3.63) is 0 Å². The molecular weight excluding hydrogens is 182 g/mol. The third-order valence-corrected chi connectivity index (χ3v) is 4.55. The molecular formula is C14H27N. The lowest BCUT2D eigenvalue weighted by Gasteiger charge is -2.29. The van der Waals surface area contributed by atoms with Crippen molar-refractivity contribution in [3.63, 3.8) is 0 Å². The average molecular weight is 209 g/mol. The first-order valence-electron chi connectivity index (χ1n) is 7.00. The summed E-state index contributed by atoms with van der Waals surface area (Å²) in [6, 6.07) is 0.756. The maximum absolute atomic E-state index is 3.77. The smallest absolute Gasteiger partial charge is 0.00671 e. The Hall–Kier alpha value is -0.0400. The molecule has 1 nitrogen and oxygen atoms in total. The maximum atomic E-state index is 3.77. The second-order valence-electron chi connectivity index (χ2n) is 5.91. The molecule has 2 fully saturated rings. The second kappa shape index (κ2) is 5.34. The van der Waals surface area contributed by atoms with Crippen LogP contribution in [-0.4, -0.2) is 12.6 Å². The number of nitrogens with one attached hydrogen (secondary N) is 1. The molecule has 0 aliphatic heterocycles. The first-order valence-corrected chi connectivity index (χ1v) is 7.00. The van der Waals surface area contributed by atoms with Crippen LogP contribution < -0.4 is 5.32 Å². The summed E-state index contributed by atoms with van der Waals surface area (Å²) < 4.78 is 0. The molecule has 2 aliphatic rings. The molecule has 0 aromatic heterocycles. The third kappa shape index (κ3) is 3.48. The Balaban J connectivity index is 1.64. The zero-order valence-electron chi connectivity index (χ0n) is 10.5. The van der Waals surface area contributed by atoms with Gasteiger partial charge in [-0.3, -0.25) is 0 Å². The predicted octanol–water partition coefficient (Wildman–Crippen LogP) is 3.59. The Morgan fingerprint density at radius 3 is 2.20 bits per heavy atom. The van der Waals surface area contributed by atoms with Gasteiger partial charge in [0.2, 0.25) is 0 Å². The van der Waals surface area contributed by atoms with Crippen LogP contribution in [0, 0.1) is 17.8 Å². The van der Waals surface area contributed by atoms with E-state index >= 15 is 0 Å². The van der Waals surface area contributed by atoms with Crippen molar-refractivity contribution in [2.24, 2.45) is 17.8 Å². The highest BCUT2D eigenvalue weighted by atomic mass is 14.9. The molecule has 88 valence electrons. The van der Waals surface area contributed by atoms with E-state index in [9.17, 15) is 0 Å². The van der Waals surface area contributed by atoms with E-state index in [1.54, 1.807) is 0 Å². The first kappa shape index (κ1) is 11.4. The molecule has 2 saturated carbocycles. The fraction of sp³-hybridized carbons (Fsp3) is 1.00. The van der Waals surface area contributed by atoms with Crippen molar-refractivity contribution < 1.29 is 0 Å². The Kier molecular flexibility index (Phi) is 4.07. The molecule has 1 heteroatoms. The molecule has 0 radical (unpaired) electrons. The molecule has 0 aromatic carbocycles. The van der Waals surface area contributed by atoms with Gasteiger partial charge in [-0.05, 0) is 56.9 Å². The van der Waals surface area contributed by atoms with Gasteiger partial charge in [0.15, 0.2) is 0 Å². The summed E-state index contributed by atoms with van der Waals surface area (Å²) in [4.78, 5) is 0. The SMILES string of the molecule is CC(CNC(C)C1CCCCC1)C1CC1. The van der Waals surface area contributed by atoms with Gasteiger partial charge >= 0.3 is 0 Å². The number of hydrogen-bond donors (Lipinski definition) is 1. The summed E-state index contributed by atoms with van der Waals surface area (Å²) in [5.41, 5.74) is 0. The van der Waals surface area contributed by atoms with Crippen molar-refractivity contribution in [2.45, 2.75) is 64.8 Å². The highest BCUT2D eigenvalue weighted by molar-refractivity contribution is 4.82. The van der Waals surface area contributed by atoms with E-state index in [2.05, 4.69) is 19.2 Å². The lowest BCUT2D eigenvalue weighted by Crippen LogP contribution is -2.37. The molecule has 2 atom stereocenters. The monoisotopic (exact) mass is 209 g/mol. The van der Waals surface area contributed by atoms with E-state index in [4.69, 9.17) is 0 Å². The normalized spacial score (nSPS) is 27.6. The summed E-state index contributed by atoms with van der Waals surface area (Å²) in [5.74, 6) is 2.93. The van der Waals surface area contributed by atoms with E-state index in [-0.39, 0.29) is 0 Å². The first-order chi connectivity index (χ1) is 7.27. The van der Waals surface area contributed by atoms with Gasteiger partial charge in [0.25, 0.3) is 0 Å². The summed E-state index contributed by atoms with van der Waals surface area (Å²) >= 11 is 0. The molecule has 0 amide bonds. The summed E-state index contributed by atoms with van der Waals surface area (Å²) in [6.07, 6.45) is 10.3. The van der Waals surface area contributed by atoms with E-state index in [1.165, 1.54) is 51.5 Å².